The van der Waals surface area contributed by atoms with Crippen molar-refractivity contribution in [3.63, 3.8) is 0 Å². The Labute approximate surface area is 111 Å². The quantitative estimate of drug-likeness (QED) is 0.569. The summed E-state index contributed by atoms with van der Waals surface area (Å²) in [4.78, 5) is 9.87. The molecule has 0 amide bonds. The highest BCUT2D eigenvalue weighted by molar-refractivity contribution is 5.47. The van der Waals surface area contributed by atoms with Gasteiger partial charge in [-0.3, -0.25) is 10.1 Å². The summed E-state index contributed by atoms with van der Waals surface area (Å²) in [7, 11) is 0. The molecular weight excluding hydrogens is 230 g/mol. The van der Waals surface area contributed by atoms with Crippen LogP contribution in [0.1, 0.15) is 52.7 Å². The van der Waals surface area contributed by atoms with Gasteiger partial charge in [0.2, 0.25) is 0 Å². The lowest BCUT2D eigenvalue weighted by Gasteiger charge is -2.01. The fourth-order valence-electron chi connectivity index (χ4n) is 1.04. The van der Waals surface area contributed by atoms with Gasteiger partial charge in [0.25, 0.3) is 5.69 Å². The maximum Gasteiger partial charge on any atom is 0.270 e. The summed E-state index contributed by atoms with van der Waals surface area (Å²) in [5.41, 5.74) is 1.08. The van der Waals surface area contributed by atoms with Crippen LogP contribution >= 0.6 is 0 Å². The molecule has 0 atom stereocenters. The van der Waals surface area contributed by atoms with Gasteiger partial charge in [-0.25, -0.2) is 0 Å². The number of aryl methyl sites for hydroxylation is 2. The van der Waals surface area contributed by atoms with Crippen LogP contribution in [0.5, 0.6) is 5.75 Å². The Bertz CT molecular complexity index is 313. The second-order valence-electron chi connectivity index (χ2n) is 2.69. The van der Waals surface area contributed by atoms with Crippen LogP contribution < -0.4 is 0 Å². The first-order valence-electron chi connectivity index (χ1n) is 6.47. The van der Waals surface area contributed by atoms with Gasteiger partial charge < -0.3 is 5.11 Å². The summed E-state index contributed by atoms with van der Waals surface area (Å²) >= 11 is 0. The Balaban J connectivity index is -0.000000328. The third-order valence-corrected chi connectivity index (χ3v) is 1.69. The van der Waals surface area contributed by atoms with E-state index < -0.39 is 4.92 Å². The smallest absolute Gasteiger partial charge is 0.270 e. The van der Waals surface area contributed by atoms with Crippen LogP contribution in [0.2, 0.25) is 0 Å². The number of hydrogen-bond acceptors (Lipinski definition) is 3. The lowest BCUT2D eigenvalue weighted by atomic mass is 10.1. The summed E-state index contributed by atoms with van der Waals surface area (Å²) in [6, 6.07) is 2.70. The molecule has 1 aromatic carbocycles. The molecule has 0 saturated carbocycles. The molecule has 0 aliphatic rings. The topological polar surface area (TPSA) is 63.4 Å². The Hall–Kier alpha value is -1.58. The lowest BCUT2D eigenvalue weighted by molar-refractivity contribution is -0.385. The van der Waals surface area contributed by atoms with E-state index in [0.29, 0.717) is 11.1 Å². The number of benzene rings is 1. The number of phenolic OH excluding ortho intramolecular Hbond substituents is 1. The van der Waals surface area contributed by atoms with E-state index >= 15 is 0 Å². The molecule has 0 saturated heterocycles. The number of non-ortho nitro benzene ring substituents is 1. The van der Waals surface area contributed by atoms with Crippen molar-refractivity contribution < 1.29 is 10.0 Å². The maximum absolute atomic E-state index is 10.3. The van der Waals surface area contributed by atoms with Gasteiger partial charge in [0.05, 0.1) is 4.92 Å². The zero-order valence-electron chi connectivity index (χ0n) is 12.9. The second kappa shape index (κ2) is 13.5. The van der Waals surface area contributed by atoms with E-state index in [1.54, 1.807) is 13.8 Å². The minimum Gasteiger partial charge on any atom is -0.507 e. The monoisotopic (exact) mass is 257 g/mol. The minimum absolute atomic E-state index is 0.0165. The fourth-order valence-corrected chi connectivity index (χ4v) is 1.04. The van der Waals surface area contributed by atoms with Crippen LogP contribution in [0.15, 0.2) is 12.1 Å². The fraction of sp³-hybridized carbons (Fsp3) is 0.571. The molecule has 0 spiro atoms. The van der Waals surface area contributed by atoms with E-state index in [9.17, 15) is 15.2 Å². The molecule has 18 heavy (non-hydrogen) atoms. The van der Waals surface area contributed by atoms with Crippen molar-refractivity contribution in [1.82, 2.24) is 0 Å². The normalized spacial score (nSPS) is 7.56. The Morgan fingerprint density at radius 1 is 0.944 bits per heavy atom. The van der Waals surface area contributed by atoms with Gasteiger partial charge in [0, 0.05) is 12.1 Å². The molecule has 0 aliphatic carbocycles. The molecule has 1 aromatic rings. The largest absolute Gasteiger partial charge is 0.507 e. The standard InChI is InChI=1S/C8H9NO3.3C2H6/c1-5-3-7(9(11)12)4-6(2)8(5)10;3*1-2/h3-4,10H,1-2H3;3*1-2H3. The minimum atomic E-state index is -0.473. The summed E-state index contributed by atoms with van der Waals surface area (Å²) in [5.74, 6) is 0.126. The Morgan fingerprint density at radius 3 is 1.44 bits per heavy atom. The number of hydrogen-bond donors (Lipinski definition) is 1. The molecule has 0 aliphatic heterocycles. The molecule has 0 fully saturated rings. The first-order valence-corrected chi connectivity index (χ1v) is 6.47. The van der Waals surface area contributed by atoms with Crippen molar-refractivity contribution in [3.8, 4) is 5.75 Å². The van der Waals surface area contributed by atoms with Crippen LogP contribution in [0, 0.1) is 24.0 Å². The molecule has 106 valence electrons. The number of nitro benzene ring substituents is 1. The third-order valence-electron chi connectivity index (χ3n) is 1.69. The molecule has 1 N–H and O–H groups in total. The van der Waals surface area contributed by atoms with Gasteiger partial charge in [-0.05, 0) is 25.0 Å². The molecule has 4 nitrogen and oxygen atoms in total. The van der Waals surface area contributed by atoms with Crippen LogP contribution in [-0.2, 0) is 0 Å². The summed E-state index contributed by atoms with van der Waals surface area (Å²) in [6.45, 7) is 15.3. The SMILES string of the molecule is CC.CC.CC.Cc1cc([N+](=O)[O-])cc(C)c1O. The predicted molar refractivity (Wildman–Crippen MR) is 78.3 cm³/mol. The van der Waals surface area contributed by atoms with E-state index in [-0.39, 0.29) is 11.4 Å². The van der Waals surface area contributed by atoms with Crippen LogP contribution in [0.3, 0.4) is 0 Å². The van der Waals surface area contributed by atoms with E-state index in [1.165, 1.54) is 12.1 Å². The van der Waals surface area contributed by atoms with Crippen molar-refractivity contribution in [2.75, 3.05) is 0 Å². The highest BCUT2D eigenvalue weighted by atomic mass is 16.6. The van der Waals surface area contributed by atoms with Crippen molar-refractivity contribution >= 4 is 5.69 Å². The van der Waals surface area contributed by atoms with Gasteiger partial charge in [-0.2, -0.15) is 0 Å². The number of rotatable bonds is 1. The van der Waals surface area contributed by atoms with Gasteiger partial charge >= 0.3 is 0 Å². The van der Waals surface area contributed by atoms with E-state index in [1.807, 2.05) is 41.5 Å². The third kappa shape index (κ3) is 7.65. The summed E-state index contributed by atoms with van der Waals surface area (Å²) < 4.78 is 0. The molecule has 0 radical (unpaired) electrons. The maximum atomic E-state index is 10.3. The zero-order chi connectivity index (χ0) is 15.3. The first-order chi connectivity index (χ1) is 8.52. The molecule has 1 rings (SSSR count). The molecule has 0 aromatic heterocycles. The van der Waals surface area contributed by atoms with E-state index in [2.05, 4.69) is 0 Å². The molecule has 0 unspecified atom stereocenters. The molecule has 4 heteroatoms. The van der Waals surface area contributed by atoms with Gasteiger partial charge in [-0.1, -0.05) is 41.5 Å². The van der Waals surface area contributed by atoms with Crippen molar-refractivity contribution in [2.45, 2.75) is 55.4 Å². The van der Waals surface area contributed by atoms with Crippen molar-refractivity contribution in [1.29, 1.82) is 0 Å². The van der Waals surface area contributed by atoms with E-state index in [0.717, 1.165) is 0 Å². The predicted octanol–water partition coefficient (Wildman–Crippen LogP) is 5.00. The molecule has 0 bridgehead atoms. The Morgan fingerprint density at radius 2 is 1.22 bits per heavy atom. The average molecular weight is 257 g/mol. The molecular formula is C14H27NO3. The number of nitrogens with zero attached hydrogens (tertiary/aromatic N) is 1. The highest BCUT2D eigenvalue weighted by Gasteiger charge is 2.10. The van der Waals surface area contributed by atoms with E-state index in [4.69, 9.17) is 0 Å². The Kier molecular flexibility index (Phi) is 16.2. The van der Waals surface area contributed by atoms with Gasteiger partial charge in [-0.15, -0.1) is 0 Å². The second-order valence-corrected chi connectivity index (χ2v) is 2.69. The zero-order valence-corrected chi connectivity index (χ0v) is 12.9. The van der Waals surface area contributed by atoms with Crippen LogP contribution in [0.4, 0.5) is 5.69 Å². The summed E-state index contributed by atoms with van der Waals surface area (Å²) in [5, 5.41) is 19.6. The van der Waals surface area contributed by atoms with Crippen LogP contribution in [0.25, 0.3) is 0 Å². The van der Waals surface area contributed by atoms with Crippen LogP contribution in [-0.4, -0.2) is 10.0 Å². The number of phenols is 1. The van der Waals surface area contributed by atoms with Crippen molar-refractivity contribution in [2.24, 2.45) is 0 Å². The first kappa shape index (κ1) is 21.7. The lowest BCUT2D eigenvalue weighted by Crippen LogP contribution is -1.90. The molecule has 0 heterocycles. The number of aromatic hydroxyl groups is 1. The number of nitro groups is 1. The summed E-state index contributed by atoms with van der Waals surface area (Å²) in [6.07, 6.45) is 0. The highest BCUT2D eigenvalue weighted by Crippen LogP contribution is 2.26. The average Bonchev–Trinajstić information content (AvgIpc) is 2.42. The van der Waals surface area contributed by atoms with Gasteiger partial charge in [0.1, 0.15) is 5.75 Å². The van der Waals surface area contributed by atoms with Crippen molar-refractivity contribution in [3.05, 3.63) is 33.4 Å². The van der Waals surface area contributed by atoms with Gasteiger partial charge in [0.15, 0.2) is 0 Å².